The molecule has 0 fully saturated rings. The Morgan fingerprint density at radius 3 is 2.04 bits per heavy atom. The fourth-order valence-corrected chi connectivity index (χ4v) is 2.35. The molecule has 0 saturated carbocycles. The van der Waals surface area contributed by atoms with Crippen LogP contribution in [0.2, 0.25) is 0 Å². The van der Waals surface area contributed by atoms with Crippen molar-refractivity contribution < 1.29 is 9.53 Å². The fraction of sp³-hybridized carbons (Fsp3) is 0.350. The van der Waals surface area contributed by atoms with Gasteiger partial charge in [-0.3, -0.25) is 4.79 Å². The summed E-state index contributed by atoms with van der Waals surface area (Å²) in [5, 5.41) is 3.03. The third-order valence-corrected chi connectivity index (χ3v) is 3.90. The van der Waals surface area contributed by atoms with Crippen molar-refractivity contribution in [3.63, 3.8) is 0 Å². The molecule has 0 spiro atoms. The van der Waals surface area contributed by atoms with E-state index in [1.54, 1.807) is 0 Å². The van der Waals surface area contributed by atoms with Crippen molar-refractivity contribution in [1.29, 1.82) is 0 Å². The number of amides is 1. The summed E-state index contributed by atoms with van der Waals surface area (Å²) in [6.07, 6.45) is 0.144. The van der Waals surface area contributed by atoms with Gasteiger partial charge in [-0.2, -0.15) is 0 Å². The molecule has 0 aliphatic carbocycles. The number of benzene rings is 2. The lowest BCUT2D eigenvalue weighted by Gasteiger charge is -2.21. The molecule has 0 aliphatic heterocycles. The molecule has 0 radical (unpaired) electrons. The Balaban J connectivity index is 1.99. The monoisotopic (exact) mass is 311 g/mol. The van der Waals surface area contributed by atoms with Crippen LogP contribution >= 0.6 is 0 Å². The van der Waals surface area contributed by atoms with Crippen molar-refractivity contribution in [3.8, 4) is 5.75 Å². The smallest absolute Gasteiger partial charge is 0.261 e. The second-order valence-electron chi connectivity index (χ2n) is 5.97. The first-order chi connectivity index (χ1) is 11.0. The predicted molar refractivity (Wildman–Crippen MR) is 93.6 cm³/mol. The van der Waals surface area contributed by atoms with Crippen molar-refractivity contribution in [3.05, 3.63) is 65.2 Å². The van der Waals surface area contributed by atoms with Gasteiger partial charge in [-0.1, -0.05) is 54.4 Å². The molecule has 0 bridgehead atoms. The lowest BCUT2D eigenvalue weighted by molar-refractivity contribution is -0.128. The van der Waals surface area contributed by atoms with Crippen LogP contribution in [0.4, 0.5) is 0 Å². The van der Waals surface area contributed by atoms with Gasteiger partial charge >= 0.3 is 0 Å². The van der Waals surface area contributed by atoms with Gasteiger partial charge in [-0.25, -0.2) is 0 Å². The van der Waals surface area contributed by atoms with Gasteiger partial charge in [0.2, 0.25) is 0 Å². The molecular formula is C20H25NO2. The summed E-state index contributed by atoms with van der Waals surface area (Å²) in [6, 6.07) is 15.9. The number of carbonyl (C=O) groups excluding carboxylic acids is 1. The van der Waals surface area contributed by atoms with Gasteiger partial charge in [-0.05, 0) is 44.9 Å². The molecule has 0 aliphatic rings. The molecule has 1 N–H and O–H groups in total. The van der Waals surface area contributed by atoms with E-state index in [2.05, 4.69) is 24.4 Å². The average Bonchev–Trinajstić information content (AvgIpc) is 2.54. The van der Waals surface area contributed by atoms with Crippen LogP contribution in [0, 0.1) is 13.8 Å². The highest BCUT2D eigenvalue weighted by molar-refractivity contribution is 5.81. The molecule has 0 saturated heterocycles. The maximum atomic E-state index is 12.5. The predicted octanol–water partition coefficient (Wildman–Crippen LogP) is 4.34. The van der Waals surface area contributed by atoms with E-state index >= 15 is 0 Å². The number of aryl methyl sites for hydroxylation is 2. The lowest BCUT2D eigenvalue weighted by atomic mass is 10.1. The molecule has 2 atom stereocenters. The molecule has 0 unspecified atom stereocenters. The van der Waals surface area contributed by atoms with Gasteiger partial charge in [0, 0.05) is 0 Å². The van der Waals surface area contributed by atoms with Gasteiger partial charge in [0.25, 0.3) is 5.91 Å². The van der Waals surface area contributed by atoms with E-state index in [-0.39, 0.29) is 11.9 Å². The molecule has 122 valence electrons. The van der Waals surface area contributed by atoms with Crippen LogP contribution in [-0.2, 0) is 4.79 Å². The highest BCUT2D eigenvalue weighted by Gasteiger charge is 2.20. The lowest BCUT2D eigenvalue weighted by Crippen LogP contribution is -2.39. The topological polar surface area (TPSA) is 38.3 Å². The van der Waals surface area contributed by atoms with E-state index in [4.69, 9.17) is 4.74 Å². The summed E-state index contributed by atoms with van der Waals surface area (Å²) in [4.78, 5) is 12.5. The minimum absolute atomic E-state index is 0.0428. The van der Waals surface area contributed by atoms with Crippen LogP contribution in [0.5, 0.6) is 5.75 Å². The Hall–Kier alpha value is -2.29. The molecule has 23 heavy (non-hydrogen) atoms. The van der Waals surface area contributed by atoms with E-state index in [0.29, 0.717) is 6.42 Å². The largest absolute Gasteiger partial charge is 0.481 e. The Morgan fingerprint density at radius 2 is 1.52 bits per heavy atom. The molecule has 0 heterocycles. The van der Waals surface area contributed by atoms with Gasteiger partial charge in [0.1, 0.15) is 5.75 Å². The van der Waals surface area contributed by atoms with Crippen LogP contribution in [-0.4, -0.2) is 12.0 Å². The zero-order valence-corrected chi connectivity index (χ0v) is 14.3. The summed E-state index contributed by atoms with van der Waals surface area (Å²) < 4.78 is 5.82. The minimum Gasteiger partial charge on any atom is -0.481 e. The van der Waals surface area contributed by atoms with E-state index < -0.39 is 6.10 Å². The number of ether oxygens (including phenoxy) is 1. The second kappa shape index (κ2) is 7.82. The first-order valence-electron chi connectivity index (χ1n) is 8.10. The molecule has 2 aromatic carbocycles. The van der Waals surface area contributed by atoms with Gasteiger partial charge < -0.3 is 10.1 Å². The van der Waals surface area contributed by atoms with Crippen molar-refractivity contribution in [2.24, 2.45) is 0 Å². The summed E-state index contributed by atoms with van der Waals surface area (Å²) in [5.41, 5.74) is 3.47. The Morgan fingerprint density at radius 1 is 1.00 bits per heavy atom. The maximum absolute atomic E-state index is 12.5. The maximum Gasteiger partial charge on any atom is 0.261 e. The van der Waals surface area contributed by atoms with Crippen LogP contribution in [0.15, 0.2) is 48.5 Å². The number of carbonyl (C=O) groups is 1. The number of hydrogen-bond donors (Lipinski definition) is 1. The minimum atomic E-state index is -0.481. The molecule has 2 aromatic rings. The fourth-order valence-electron chi connectivity index (χ4n) is 2.35. The average molecular weight is 311 g/mol. The summed E-state index contributed by atoms with van der Waals surface area (Å²) in [5.74, 6) is 0.640. The van der Waals surface area contributed by atoms with Crippen molar-refractivity contribution in [2.45, 2.75) is 46.3 Å². The second-order valence-corrected chi connectivity index (χ2v) is 5.97. The van der Waals surface area contributed by atoms with Gasteiger partial charge in [-0.15, -0.1) is 0 Å². The first kappa shape index (κ1) is 17.1. The van der Waals surface area contributed by atoms with E-state index in [9.17, 15) is 4.79 Å². The molecule has 3 heteroatoms. The Labute approximate surface area is 138 Å². The molecular weight excluding hydrogens is 286 g/mol. The number of rotatable bonds is 6. The molecule has 1 amide bonds. The first-order valence-corrected chi connectivity index (χ1v) is 8.10. The van der Waals surface area contributed by atoms with Crippen molar-refractivity contribution in [2.75, 3.05) is 0 Å². The van der Waals surface area contributed by atoms with Crippen LogP contribution in [0.3, 0.4) is 0 Å². The van der Waals surface area contributed by atoms with Gasteiger partial charge in [0.15, 0.2) is 6.10 Å². The van der Waals surface area contributed by atoms with Crippen molar-refractivity contribution in [1.82, 2.24) is 5.32 Å². The van der Waals surface area contributed by atoms with E-state index in [1.165, 1.54) is 11.1 Å². The van der Waals surface area contributed by atoms with Crippen LogP contribution < -0.4 is 10.1 Å². The quantitative estimate of drug-likeness (QED) is 0.862. The van der Waals surface area contributed by atoms with Crippen LogP contribution in [0.1, 0.15) is 43.0 Å². The van der Waals surface area contributed by atoms with Crippen molar-refractivity contribution >= 4 is 5.91 Å². The normalized spacial score (nSPS) is 13.2. The number of hydrogen-bond acceptors (Lipinski definition) is 2. The molecule has 3 nitrogen and oxygen atoms in total. The third-order valence-electron chi connectivity index (χ3n) is 3.90. The Kier molecular flexibility index (Phi) is 5.80. The molecule has 0 aromatic heterocycles. The molecule has 2 rings (SSSR count). The van der Waals surface area contributed by atoms with Crippen LogP contribution in [0.25, 0.3) is 0 Å². The SMILES string of the molecule is CC[C@H](Oc1ccc(C)cc1)C(=O)N[C@@H](C)c1ccc(C)cc1. The summed E-state index contributed by atoms with van der Waals surface area (Å²) in [7, 11) is 0. The zero-order valence-electron chi connectivity index (χ0n) is 14.3. The standard InChI is InChI=1S/C20H25NO2/c1-5-19(23-18-12-8-15(3)9-13-18)20(22)21-16(4)17-10-6-14(2)7-11-17/h6-13,16,19H,5H2,1-4H3,(H,21,22)/t16-,19-/m0/s1. The summed E-state index contributed by atoms with van der Waals surface area (Å²) >= 11 is 0. The zero-order chi connectivity index (χ0) is 16.8. The van der Waals surface area contributed by atoms with E-state index in [0.717, 1.165) is 11.3 Å². The van der Waals surface area contributed by atoms with Gasteiger partial charge in [0.05, 0.1) is 6.04 Å². The highest BCUT2D eigenvalue weighted by Crippen LogP contribution is 2.17. The van der Waals surface area contributed by atoms with E-state index in [1.807, 2.05) is 57.2 Å². The highest BCUT2D eigenvalue weighted by atomic mass is 16.5. The number of nitrogens with one attached hydrogen (secondary N) is 1. The Bertz CT molecular complexity index is 632. The third kappa shape index (κ3) is 4.85. The summed E-state index contributed by atoms with van der Waals surface area (Å²) in [6.45, 7) is 8.02.